The molecule has 0 unspecified atom stereocenters. The molecule has 2 amide bonds. The topological polar surface area (TPSA) is 111 Å². The first kappa shape index (κ1) is 10.9. The molecule has 0 aliphatic heterocycles. The van der Waals surface area contributed by atoms with E-state index >= 15 is 0 Å². The summed E-state index contributed by atoms with van der Waals surface area (Å²) in [6, 6.07) is 1.36. The summed E-state index contributed by atoms with van der Waals surface area (Å²) in [4.78, 5) is 25.0. The Bertz CT molecular complexity index is 278. The van der Waals surface area contributed by atoms with Gasteiger partial charge < -0.3 is 4.84 Å². The molecule has 0 saturated carbocycles. The Morgan fingerprint density at radius 1 is 1.62 bits per heavy atom. The average molecular weight is 184 g/mol. The summed E-state index contributed by atoms with van der Waals surface area (Å²) >= 11 is 0. The molecule has 1 radical (unpaired) electrons. The van der Waals surface area contributed by atoms with Gasteiger partial charge in [-0.15, -0.1) is 0 Å². The lowest BCUT2D eigenvalue weighted by Gasteiger charge is -1.95. The molecule has 0 aromatic carbocycles. The highest BCUT2D eigenvalue weighted by Crippen LogP contribution is 1.81. The predicted octanol–water partition coefficient (Wildman–Crippen LogP) is -0.431. The minimum Gasteiger partial charge on any atom is -0.395 e. The zero-order valence-electron chi connectivity index (χ0n) is 6.73. The van der Waals surface area contributed by atoms with Crippen LogP contribution < -0.4 is 5.32 Å². The van der Waals surface area contributed by atoms with Crippen molar-refractivity contribution in [3.8, 4) is 6.07 Å². The normalized spacial score (nSPS) is 10.0. The van der Waals surface area contributed by atoms with Crippen LogP contribution in [0.2, 0.25) is 0 Å². The van der Waals surface area contributed by atoms with Crippen LogP contribution in [-0.4, -0.2) is 24.3 Å². The van der Waals surface area contributed by atoms with Crippen molar-refractivity contribution in [2.45, 2.75) is 6.92 Å². The molecule has 0 bridgehead atoms. The van der Waals surface area contributed by atoms with Gasteiger partial charge in [0.15, 0.2) is 0 Å². The number of nitrogens with one attached hydrogen (secondary N) is 1. The number of carbonyl (C=O) groups is 2. The van der Waals surface area contributed by atoms with Gasteiger partial charge in [-0.25, -0.2) is 9.90 Å². The van der Waals surface area contributed by atoms with Crippen LogP contribution in [0.5, 0.6) is 0 Å². The van der Waals surface area contributed by atoms with Gasteiger partial charge in [0.25, 0.3) is 5.91 Å². The Labute approximate surface area is 73.6 Å². The molecule has 0 aliphatic carbocycles. The van der Waals surface area contributed by atoms with Gasteiger partial charge >= 0.3 is 6.09 Å². The number of imide groups is 1. The maximum Gasteiger partial charge on any atom is 0.457 e. The van der Waals surface area contributed by atoms with E-state index in [-0.39, 0.29) is 6.61 Å². The van der Waals surface area contributed by atoms with Crippen molar-refractivity contribution < 1.29 is 19.5 Å². The summed E-state index contributed by atoms with van der Waals surface area (Å²) in [7, 11) is 0. The first-order chi connectivity index (χ1) is 6.11. The maximum absolute atomic E-state index is 10.7. The van der Waals surface area contributed by atoms with Crippen molar-refractivity contribution in [2.75, 3.05) is 6.61 Å². The van der Waals surface area contributed by atoms with E-state index in [2.05, 4.69) is 9.99 Å². The van der Waals surface area contributed by atoms with Crippen LogP contribution in [-0.2, 0) is 14.7 Å². The molecule has 13 heavy (non-hydrogen) atoms. The van der Waals surface area contributed by atoms with Crippen molar-refractivity contribution in [1.82, 2.24) is 5.32 Å². The third-order valence-corrected chi connectivity index (χ3v) is 0.822. The minimum absolute atomic E-state index is 0.170. The number of carbonyl (C=O) groups excluding carboxylic acids is 2. The number of hydrogen-bond acceptors (Lipinski definition) is 5. The van der Waals surface area contributed by atoms with Gasteiger partial charge in [0.2, 0.25) is 5.71 Å². The molecule has 0 spiro atoms. The predicted molar refractivity (Wildman–Crippen MR) is 38.9 cm³/mol. The summed E-state index contributed by atoms with van der Waals surface area (Å²) in [6.07, 6.45) is -1.80. The van der Waals surface area contributed by atoms with Gasteiger partial charge in [-0.3, -0.25) is 10.1 Å². The van der Waals surface area contributed by atoms with Gasteiger partial charge in [-0.2, -0.15) is 5.26 Å². The lowest BCUT2D eigenvalue weighted by molar-refractivity contribution is -0.114. The fraction of sp³-hybridized carbons (Fsp3) is 0.333. The SMILES string of the molecule is CCON=C(C#N)C(=O)NC([O])=O. The Morgan fingerprint density at radius 3 is 2.62 bits per heavy atom. The van der Waals surface area contributed by atoms with Gasteiger partial charge in [-0.1, -0.05) is 5.16 Å². The first-order valence-electron chi connectivity index (χ1n) is 3.24. The summed E-state index contributed by atoms with van der Waals surface area (Å²) < 4.78 is 0. The molecule has 7 nitrogen and oxygen atoms in total. The number of rotatable bonds is 3. The van der Waals surface area contributed by atoms with E-state index < -0.39 is 17.7 Å². The second kappa shape index (κ2) is 5.54. The number of amides is 2. The van der Waals surface area contributed by atoms with Crippen LogP contribution in [0.1, 0.15) is 6.92 Å². The molecular formula is C6H6N3O4. The van der Waals surface area contributed by atoms with Crippen molar-refractivity contribution >= 4 is 17.7 Å². The second-order valence-corrected chi connectivity index (χ2v) is 1.71. The highest BCUT2D eigenvalue weighted by atomic mass is 16.6. The lowest BCUT2D eigenvalue weighted by atomic mass is 10.4. The fourth-order valence-electron chi connectivity index (χ4n) is 0.394. The van der Waals surface area contributed by atoms with E-state index in [1.165, 1.54) is 11.4 Å². The smallest absolute Gasteiger partial charge is 0.395 e. The second-order valence-electron chi connectivity index (χ2n) is 1.71. The Balaban J connectivity index is 4.34. The zero-order valence-corrected chi connectivity index (χ0v) is 6.73. The van der Waals surface area contributed by atoms with Crippen LogP contribution in [0.4, 0.5) is 4.79 Å². The maximum atomic E-state index is 10.7. The monoisotopic (exact) mass is 184 g/mol. The summed E-state index contributed by atoms with van der Waals surface area (Å²) in [5.41, 5.74) is -0.675. The van der Waals surface area contributed by atoms with Crippen LogP contribution >= 0.6 is 0 Å². The number of nitrogens with zero attached hydrogens (tertiary/aromatic N) is 2. The first-order valence-corrected chi connectivity index (χ1v) is 3.24. The summed E-state index contributed by atoms with van der Waals surface area (Å²) in [5.74, 6) is -1.17. The quantitative estimate of drug-likeness (QED) is 0.473. The van der Waals surface area contributed by atoms with E-state index in [1.807, 2.05) is 0 Å². The molecule has 0 rings (SSSR count). The molecule has 0 atom stereocenters. The molecule has 0 aliphatic rings. The highest BCUT2D eigenvalue weighted by Gasteiger charge is 2.14. The molecule has 0 aromatic heterocycles. The van der Waals surface area contributed by atoms with E-state index in [0.717, 1.165) is 0 Å². The third kappa shape index (κ3) is 4.36. The average Bonchev–Trinajstić information content (AvgIpc) is 2.04. The van der Waals surface area contributed by atoms with Gasteiger partial charge in [0, 0.05) is 0 Å². The van der Waals surface area contributed by atoms with Crippen molar-refractivity contribution in [1.29, 1.82) is 5.26 Å². The molecule has 1 N–H and O–H groups in total. The van der Waals surface area contributed by atoms with Gasteiger partial charge in [0.05, 0.1) is 0 Å². The lowest BCUT2D eigenvalue weighted by Crippen LogP contribution is -2.33. The molecule has 7 heteroatoms. The largest absolute Gasteiger partial charge is 0.457 e. The van der Waals surface area contributed by atoms with Crippen molar-refractivity contribution in [3.05, 3.63) is 0 Å². The fourth-order valence-corrected chi connectivity index (χ4v) is 0.394. The Kier molecular flexibility index (Phi) is 4.64. The van der Waals surface area contributed by atoms with Crippen LogP contribution in [0.25, 0.3) is 0 Å². The molecule has 0 fully saturated rings. The van der Waals surface area contributed by atoms with Crippen molar-refractivity contribution in [2.24, 2.45) is 5.16 Å². The zero-order chi connectivity index (χ0) is 10.3. The standard InChI is InChI=1S/C6H6N3O4/c1-2-13-9-4(3-7)5(10)8-6(11)12/h2H2,1H3,(H,8,10). The number of oxime groups is 1. The molecule has 0 saturated heterocycles. The number of hydrogen-bond donors (Lipinski definition) is 1. The Hall–Kier alpha value is -2.10. The van der Waals surface area contributed by atoms with E-state index in [9.17, 15) is 14.7 Å². The third-order valence-electron chi connectivity index (χ3n) is 0.822. The van der Waals surface area contributed by atoms with E-state index in [0.29, 0.717) is 0 Å². The van der Waals surface area contributed by atoms with Crippen LogP contribution in [0.15, 0.2) is 5.16 Å². The number of nitriles is 1. The van der Waals surface area contributed by atoms with Crippen LogP contribution in [0.3, 0.4) is 0 Å². The van der Waals surface area contributed by atoms with E-state index in [1.54, 1.807) is 6.92 Å². The molecule has 0 heterocycles. The van der Waals surface area contributed by atoms with Gasteiger partial charge in [-0.05, 0) is 6.92 Å². The van der Waals surface area contributed by atoms with Crippen LogP contribution in [0, 0.1) is 11.3 Å². The summed E-state index contributed by atoms with van der Waals surface area (Å²) in [6.45, 7) is 1.76. The molecule has 0 aromatic rings. The molecule has 69 valence electrons. The van der Waals surface area contributed by atoms with Gasteiger partial charge in [0.1, 0.15) is 12.7 Å². The van der Waals surface area contributed by atoms with E-state index in [4.69, 9.17) is 5.26 Å². The minimum atomic E-state index is -1.80. The molecular weight excluding hydrogens is 178 g/mol. The highest BCUT2D eigenvalue weighted by molar-refractivity contribution is 6.46. The summed E-state index contributed by atoms with van der Waals surface area (Å²) in [5, 5.41) is 22.6. The Morgan fingerprint density at radius 2 is 2.23 bits per heavy atom. The van der Waals surface area contributed by atoms with Crippen molar-refractivity contribution in [3.63, 3.8) is 0 Å².